The van der Waals surface area contributed by atoms with Crippen LogP contribution in [0, 0.1) is 6.92 Å². The molecule has 0 unspecified atom stereocenters. The van der Waals surface area contributed by atoms with Crippen molar-refractivity contribution in [1.82, 2.24) is 9.55 Å². The van der Waals surface area contributed by atoms with E-state index in [9.17, 15) is 0 Å². The molecule has 0 bridgehead atoms. The maximum Gasteiger partial charge on any atom is 0.201 e. The van der Waals surface area contributed by atoms with Crippen molar-refractivity contribution < 1.29 is 0 Å². The molecule has 0 radical (unpaired) electrons. The average molecular weight is 263 g/mol. The lowest BCUT2D eigenvalue weighted by Gasteiger charge is -2.14. The second-order valence-electron chi connectivity index (χ2n) is 5.61. The molecule has 0 saturated heterocycles. The number of para-hydroxylation sites is 1. The SMILES string of the molecule is Cc1cccc2c1nc(N)n2C1Cc2ccccc2C1. The molecule has 0 fully saturated rings. The molecule has 1 heterocycles. The topological polar surface area (TPSA) is 43.8 Å². The van der Waals surface area contributed by atoms with E-state index in [4.69, 9.17) is 5.73 Å². The van der Waals surface area contributed by atoms with E-state index >= 15 is 0 Å². The summed E-state index contributed by atoms with van der Waals surface area (Å²) >= 11 is 0. The van der Waals surface area contributed by atoms with Crippen LogP contribution in [0.1, 0.15) is 22.7 Å². The van der Waals surface area contributed by atoms with Gasteiger partial charge in [-0.25, -0.2) is 4.98 Å². The molecule has 1 aliphatic rings. The van der Waals surface area contributed by atoms with Crippen molar-refractivity contribution in [3.8, 4) is 0 Å². The Balaban J connectivity index is 1.85. The largest absolute Gasteiger partial charge is 0.369 e. The van der Waals surface area contributed by atoms with Crippen LogP contribution in [-0.2, 0) is 12.8 Å². The molecular weight excluding hydrogens is 246 g/mol. The van der Waals surface area contributed by atoms with Gasteiger partial charge in [-0.3, -0.25) is 0 Å². The highest BCUT2D eigenvalue weighted by Crippen LogP contribution is 2.34. The van der Waals surface area contributed by atoms with Gasteiger partial charge < -0.3 is 10.3 Å². The molecule has 3 aromatic rings. The van der Waals surface area contributed by atoms with Crippen molar-refractivity contribution in [3.05, 3.63) is 59.2 Å². The summed E-state index contributed by atoms with van der Waals surface area (Å²) in [7, 11) is 0. The Labute approximate surface area is 118 Å². The minimum Gasteiger partial charge on any atom is -0.369 e. The minimum atomic E-state index is 0.388. The molecule has 20 heavy (non-hydrogen) atoms. The van der Waals surface area contributed by atoms with Gasteiger partial charge in [0.15, 0.2) is 0 Å². The van der Waals surface area contributed by atoms with Gasteiger partial charge in [-0.1, -0.05) is 36.4 Å². The number of aryl methyl sites for hydroxylation is 1. The van der Waals surface area contributed by atoms with Gasteiger partial charge in [0.2, 0.25) is 5.95 Å². The van der Waals surface area contributed by atoms with Crippen LogP contribution in [0.5, 0.6) is 0 Å². The lowest BCUT2D eigenvalue weighted by atomic mass is 10.1. The van der Waals surface area contributed by atoms with Gasteiger partial charge in [-0.15, -0.1) is 0 Å². The third-order valence-electron chi connectivity index (χ3n) is 4.34. The number of hydrogen-bond donors (Lipinski definition) is 1. The molecular formula is C17H17N3. The molecule has 100 valence electrons. The van der Waals surface area contributed by atoms with Gasteiger partial charge in [-0.2, -0.15) is 0 Å². The summed E-state index contributed by atoms with van der Waals surface area (Å²) in [4.78, 5) is 4.56. The number of nitrogens with two attached hydrogens (primary N) is 1. The Morgan fingerprint density at radius 1 is 1.05 bits per heavy atom. The zero-order chi connectivity index (χ0) is 13.7. The van der Waals surface area contributed by atoms with E-state index in [0.717, 1.165) is 23.9 Å². The Hall–Kier alpha value is -2.29. The van der Waals surface area contributed by atoms with E-state index in [1.54, 1.807) is 0 Å². The standard InChI is InChI=1S/C17H17N3/c1-11-5-4-8-15-16(11)19-17(18)20(15)14-9-12-6-2-3-7-13(12)10-14/h2-8,14H,9-10H2,1H3,(H2,18,19). The first-order valence-electron chi connectivity index (χ1n) is 7.04. The summed E-state index contributed by atoms with van der Waals surface area (Å²) in [5.74, 6) is 0.632. The summed E-state index contributed by atoms with van der Waals surface area (Å²) in [6, 6.07) is 15.3. The van der Waals surface area contributed by atoms with Crippen LogP contribution < -0.4 is 5.73 Å². The number of fused-ring (bicyclic) bond motifs is 2. The summed E-state index contributed by atoms with van der Waals surface area (Å²) in [5.41, 5.74) is 12.4. The van der Waals surface area contributed by atoms with E-state index < -0.39 is 0 Å². The second kappa shape index (κ2) is 4.10. The number of rotatable bonds is 1. The summed E-state index contributed by atoms with van der Waals surface area (Å²) in [6.45, 7) is 2.09. The normalized spacial score (nSPS) is 14.8. The quantitative estimate of drug-likeness (QED) is 0.732. The van der Waals surface area contributed by atoms with E-state index in [0.29, 0.717) is 12.0 Å². The highest BCUT2D eigenvalue weighted by atomic mass is 15.2. The predicted octanol–water partition coefficient (Wildman–Crippen LogP) is 3.27. The fourth-order valence-corrected chi connectivity index (χ4v) is 3.38. The molecule has 4 rings (SSSR count). The molecule has 1 aromatic heterocycles. The van der Waals surface area contributed by atoms with E-state index in [2.05, 4.69) is 58.9 Å². The fraction of sp³-hybridized carbons (Fsp3) is 0.235. The van der Waals surface area contributed by atoms with Crippen LogP contribution in [0.2, 0.25) is 0 Å². The molecule has 0 saturated carbocycles. The fourth-order valence-electron chi connectivity index (χ4n) is 3.38. The Morgan fingerprint density at radius 3 is 2.45 bits per heavy atom. The minimum absolute atomic E-state index is 0.388. The first kappa shape index (κ1) is 11.5. The smallest absolute Gasteiger partial charge is 0.201 e. The number of hydrogen-bond acceptors (Lipinski definition) is 2. The molecule has 2 N–H and O–H groups in total. The maximum atomic E-state index is 6.19. The van der Waals surface area contributed by atoms with Crippen molar-refractivity contribution in [2.75, 3.05) is 5.73 Å². The van der Waals surface area contributed by atoms with E-state index in [1.807, 2.05) is 0 Å². The molecule has 2 aromatic carbocycles. The number of aromatic nitrogens is 2. The molecule has 0 aliphatic heterocycles. The first-order chi connectivity index (χ1) is 9.74. The highest BCUT2D eigenvalue weighted by Gasteiger charge is 2.25. The first-order valence-corrected chi connectivity index (χ1v) is 7.04. The Morgan fingerprint density at radius 2 is 1.75 bits per heavy atom. The van der Waals surface area contributed by atoms with Crippen molar-refractivity contribution in [2.24, 2.45) is 0 Å². The lowest BCUT2D eigenvalue weighted by Crippen LogP contribution is -2.12. The van der Waals surface area contributed by atoms with Gasteiger partial charge in [0.05, 0.1) is 11.0 Å². The number of anilines is 1. The van der Waals surface area contributed by atoms with Crippen molar-refractivity contribution in [2.45, 2.75) is 25.8 Å². The molecule has 3 nitrogen and oxygen atoms in total. The van der Waals surface area contributed by atoms with Crippen LogP contribution in [0.15, 0.2) is 42.5 Å². The summed E-state index contributed by atoms with van der Waals surface area (Å²) in [6.07, 6.45) is 2.08. The van der Waals surface area contributed by atoms with Gasteiger partial charge in [0.1, 0.15) is 0 Å². The molecule has 3 heteroatoms. The number of benzene rings is 2. The number of nitrogens with zero attached hydrogens (tertiary/aromatic N) is 2. The van der Waals surface area contributed by atoms with Crippen molar-refractivity contribution in [3.63, 3.8) is 0 Å². The van der Waals surface area contributed by atoms with Gasteiger partial charge >= 0.3 is 0 Å². The van der Waals surface area contributed by atoms with Gasteiger partial charge in [-0.05, 0) is 42.5 Å². The summed E-state index contributed by atoms with van der Waals surface area (Å²) in [5, 5.41) is 0. The highest BCUT2D eigenvalue weighted by molar-refractivity contribution is 5.81. The van der Waals surface area contributed by atoms with Crippen LogP contribution >= 0.6 is 0 Å². The number of imidazole rings is 1. The third kappa shape index (κ3) is 1.56. The maximum absolute atomic E-state index is 6.19. The second-order valence-corrected chi connectivity index (χ2v) is 5.61. The Bertz CT molecular complexity index is 776. The zero-order valence-electron chi connectivity index (χ0n) is 11.5. The van der Waals surface area contributed by atoms with Crippen LogP contribution in [0.25, 0.3) is 11.0 Å². The van der Waals surface area contributed by atoms with Crippen molar-refractivity contribution >= 4 is 17.0 Å². The van der Waals surface area contributed by atoms with Crippen LogP contribution in [0.3, 0.4) is 0 Å². The molecule has 1 aliphatic carbocycles. The Kier molecular flexibility index (Phi) is 2.36. The predicted molar refractivity (Wildman–Crippen MR) is 81.8 cm³/mol. The molecule has 0 amide bonds. The van der Waals surface area contributed by atoms with E-state index in [-0.39, 0.29) is 0 Å². The number of nitrogen functional groups attached to an aromatic ring is 1. The van der Waals surface area contributed by atoms with Gasteiger partial charge in [0, 0.05) is 6.04 Å². The summed E-state index contributed by atoms with van der Waals surface area (Å²) < 4.78 is 2.21. The molecule has 0 spiro atoms. The third-order valence-corrected chi connectivity index (χ3v) is 4.34. The monoisotopic (exact) mass is 263 g/mol. The molecule has 0 atom stereocenters. The van der Waals surface area contributed by atoms with Crippen LogP contribution in [0.4, 0.5) is 5.95 Å². The van der Waals surface area contributed by atoms with Crippen molar-refractivity contribution in [1.29, 1.82) is 0 Å². The van der Waals surface area contributed by atoms with Gasteiger partial charge in [0.25, 0.3) is 0 Å². The lowest BCUT2D eigenvalue weighted by molar-refractivity contribution is 0.550. The zero-order valence-corrected chi connectivity index (χ0v) is 11.5. The average Bonchev–Trinajstić information content (AvgIpc) is 2.99. The van der Waals surface area contributed by atoms with E-state index in [1.165, 1.54) is 16.7 Å². The van der Waals surface area contributed by atoms with Crippen LogP contribution in [-0.4, -0.2) is 9.55 Å².